The molecule has 0 aliphatic rings. The van der Waals surface area contributed by atoms with E-state index in [0.29, 0.717) is 0 Å². The predicted molar refractivity (Wildman–Crippen MR) is 237 cm³/mol. The summed E-state index contributed by atoms with van der Waals surface area (Å²) in [5, 5.41) is 7.69. The highest BCUT2D eigenvalue weighted by Gasteiger charge is 2.17. The maximum absolute atomic E-state index is 2.40. The normalized spacial score (nSPS) is 11.6. The molecule has 258 valence electrons. The number of nitrogens with zero attached hydrogens (tertiary/aromatic N) is 2. The van der Waals surface area contributed by atoms with Crippen molar-refractivity contribution < 1.29 is 0 Å². The number of benzene rings is 9. The third kappa shape index (κ3) is 5.32. The topological polar surface area (TPSA) is 8.17 Å². The van der Waals surface area contributed by atoms with Crippen molar-refractivity contribution >= 4 is 81.1 Å². The van der Waals surface area contributed by atoms with Gasteiger partial charge in [0.2, 0.25) is 0 Å². The number of aromatic nitrogens is 1. The highest BCUT2D eigenvalue weighted by Crippen LogP contribution is 2.43. The maximum Gasteiger partial charge on any atom is 0.0541 e. The molecule has 0 radical (unpaired) electrons. The molecule has 3 heteroatoms. The average Bonchev–Trinajstić information content (AvgIpc) is 3.81. The van der Waals surface area contributed by atoms with Crippen molar-refractivity contribution in [2.45, 2.75) is 0 Å². The van der Waals surface area contributed by atoms with Crippen LogP contribution in [0.3, 0.4) is 0 Å². The van der Waals surface area contributed by atoms with Gasteiger partial charge in [-0.3, -0.25) is 0 Å². The monoisotopic (exact) mass is 718 g/mol. The first-order valence-electron chi connectivity index (χ1n) is 18.8. The lowest BCUT2D eigenvalue weighted by molar-refractivity contribution is 1.18. The second kappa shape index (κ2) is 12.9. The summed E-state index contributed by atoms with van der Waals surface area (Å²) in [6.07, 6.45) is 0. The van der Waals surface area contributed by atoms with Gasteiger partial charge >= 0.3 is 0 Å². The summed E-state index contributed by atoms with van der Waals surface area (Å²) >= 11 is 1.88. The number of hydrogen-bond donors (Lipinski definition) is 0. The first kappa shape index (κ1) is 31.6. The number of hydrogen-bond acceptors (Lipinski definition) is 2. The summed E-state index contributed by atoms with van der Waals surface area (Å²) in [6, 6.07) is 75.2. The van der Waals surface area contributed by atoms with E-state index in [2.05, 4.69) is 216 Å². The Morgan fingerprint density at radius 3 is 1.71 bits per heavy atom. The SMILES string of the molecule is c1ccc(-c2ccc(N(c3cccc(-c4cccc(-n5c6ccccc6c6ccccc65)c4)c3)c3ccc4ccc5c6ccccc6sc5c4c3)cc2)cc1. The summed E-state index contributed by atoms with van der Waals surface area (Å²) in [6.45, 7) is 0. The van der Waals surface area contributed by atoms with Crippen molar-refractivity contribution in [3.8, 4) is 27.9 Å². The van der Waals surface area contributed by atoms with E-state index in [9.17, 15) is 0 Å². The molecule has 0 atom stereocenters. The van der Waals surface area contributed by atoms with Crippen molar-refractivity contribution in [3.63, 3.8) is 0 Å². The molecular weight excluding hydrogens is 685 g/mol. The van der Waals surface area contributed by atoms with Gasteiger partial charge in [-0.1, -0.05) is 140 Å². The van der Waals surface area contributed by atoms with Crippen molar-refractivity contribution in [2.75, 3.05) is 4.90 Å². The van der Waals surface area contributed by atoms with Gasteiger partial charge in [0.05, 0.1) is 11.0 Å². The molecular formula is C52H34N2S. The first-order chi connectivity index (χ1) is 27.3. The second-order valence-electron chi connectivity index (χ2n) is 14.2. The zero-order valence-electron chi connectivity index (χ0n) is 29.9. The van der Waals surface area contributed by atoms with Crippen LogP contribution in [0.15, 0.2) is 206 Å². The molecule has 55 heavy (non-hydrogen) atoms. The number of thiophene rings is 1. The zero-order chi connectivity index (χ0) is 36.3. The molecule has 0 saturated carbocycles. The van der Waals surface area contributed by atoms with Crippen molar-refractivity contribution in [2.24, 2.45) is 0 Å². The molecule has 0 amide bonds. The van der Waals surface area contributed by atoms with Gasteiger partial charge in [-0.25, -0.2) is 0 Å². The molecule has 2 heterocycles. The minimum absolute atomic E-state index is 1.11. The van der Waals surface area contributed by atoms with Crippen LogP contribution in [0.5, 0.6) is 0 Å². The standard InChI is InChI=1S/C52H34N2S/c1-2-12-35(13-3-1)36-24-28-40(29-25-36)53(43-30-26-37-27-31-47-46-20-6-9-23-51(46)55-52(47)48(37)34-43)41-16-10-14-38(32-41)39-15-11-17-42(33-39)54-49-21-7-4-18-44(49)45-19-5-8-22-50(45)54/h1-34H. The molecule has 2 aromatic heterocycles. The van der Waals surface area contributed by atoms with Crippen molar-refractivity contribution in [1.29, 1.82) is 0 Å². The molecule has 2 nitrogen and oxygen atoms in total. The summed E-state index contributed by atoms with van der Waals surface area (Å²) in [7, 11) is 0. The molecule has 9 aromatic carbocycles. The van der Waals surface area contributed by atoms with E-state index in [0.717, 1.165) is 22.7 Å². The summed E-state index contributed by atoms with van der Waals surface area (Å²) < 4.78 is 5.04. The van der Waals surface area contributed by atoms with Crippen LogP contribution in [0, 0.1) is 0 Å². The Labute approximate surface area is 323 Å². The van der Waals surface area contributed by atoms with Gasteiger partial charge in [0.1, 0.15) is 0 Å². The van der Waals surface area contributed by atoms with E-state index < -0.39 is 0 Å². The van der Waals surface area contributed by atoms with E-state index in [1.165, 1.54) is 75.0 Å². The fourth-order valence-electron chi connectivity index (χ4n) is 8.36. The number of anilines is 3. The second-order valence-corrected chi connectivity index (χ2v) is 15.2. The Hall–Kier alpha value is -6.94. The number of para-hydroxylation sites is 2. The van der Waals surface area contributed by atoms with Gasteiger partial charge in [-0.15, -0.1) is 11.3 Å². The van der Waals surface area contributed by atoms with E-state index >= 15 is 0 Å². The molecule has 0 N–H and O–H groups in total. The van der Waals surface area contributed by atoms with Gasteiger partial charge in [0, 0.05) is 59.1 Å². The molecule has 0 bridgehead atoms. The summed E-state index contributed by atoms with van der Waals surface area (Å²) in [5.41, 5.74) is 11.7. The minimum Gasteiger partial charge on any atom is -0.310 e. The van der Waals surface area contributed by atoms with Gasteiger partial charge in [0.15, 0.2) is 0 Å². The van der Waals surface area contributed by atoms with Crippen LogP contribution in [0.4, 0.5) is 17.1 Å². The molecule has 0 aliphatic carbocycles. The van der Waals surface area contributed by atoms with E-state index in [1.54, 1.807) is 0 Å². The highest BCUT2D eigenvalue weighted by molar-refractivity contribution is 7.26. The third-order valence-corrected chi connectivity index (χ3v) is 12.2. The number of rotatable bonds is 6. The first-order valence-corrected chi connectivity index (χ1v) is 19.6. The fourth-order valence-corrected chi connectivity index (χ4v) is 9.59. The quantitative estimate of drug-likeness (QED) is 0.166. The number of fused-ring (bicyclic) bond motifs is 8. The average molecular weight is 719 g/mol. The summed E-state index contributed by atoms with van der Waals surface area (Å²) in [4.78, 5) is 2.40. The lowest BCUT2D eigenvalue weighted by Gasteiger charge is -2.27. The lowest BCUT2D eigenvalue weighted by atomic mass is 10.0. The van der Waals surface area contributed by atoms with Crippen LogP contribution >= 0.6 is 11.3 Å². The molecule has 0 spiro atoms. The van der Waals surface area contributed by atoms with Gasteiger partial charge in [-0.05, 0) is 94.4 Å². The minimum atomic E-state index is 1.11. The smallest absolute Gasteiger partial charge is 0.0541 e. The molecule has 11 rings (SSSR count). The molecule has 0 unspecified atom stereocenters. The third-order valence-electron chi connectivity index (χ3n) is 11.0. The van der Waals surface area contributed by atoms with Crippen LogP contribution in [0.1, 0.15) is 0 Å². The molecule has 0 aliphatic heterocycles. The zero-order valence-corrected chi connectivity index (χ0v) is 30.7. The van der Waals surface area contributed by atoms with Crippen LogP contribution in [-0.2, 0) is 0 Å². The van der Waals surface area contributed by atoms with E-state index in [1.807, 2.05) is 11.3 Å². The van der Waals surface area contributed by atoms with Crippen molar-refractivity contribution in [3.05, 3.63) is 206 Å². The molecule has 0 fully saturated rings. The summed E-state index contributed by atoms with van der Waals surface area (Å²) in [5.74, 6) is 0. The maximum atomic E-state index is 2.40. The van der Waals surface area contributed by atoms with Crippen molar-refractivity contribution in [1.82, 2.24) is 4.57 Å². The van der Waals surface area contributed by atoms with E-state index in [4.69, 9.17) is 0 Å². The van der Waals surface area contributed by atoms with E-state index in [-0.39, 0.29) is 0 Å². The Balaban J connectivity index is 1.07. The van der Waals surface area contributed by atoms with Crippen LogP contribution in [0.25, 0.3) is 80.7 Å². The Morgan fingerprint density at radius 2 is 0.927 bits per heavy atom. The lowest BCUT2D eigenvalue weighted by Crippen LogP contribution is -2.10. The largest absolute Gasteiger partial charge is 0.310 e. The Bertz CT molecular complexity index is 3150. The fraction of sp³-hybridized carbons (Fsp3) is 0. The highest BCUT2D eigenvalue weighted by atomic mass is 32.1. The van der Waals surface area contributed by atoms with Crippen LogP contribution in [-0.4, -0.2) is 4.57 Å². The molecule has 11 aromatic rings. The van der Waals surface area contributed by atoms with Gasteiger partial charge in [0.25, 0.3) is 0 Å². The Morgan fingerprint density at radius 1 is 0.345 bits per heavy atom. The van der Waals surface area contributed by atoms with Gasteiger partial charge in [-0.2, -0.15) is 0 Å². The molecule has 0 saturated heterocycles. The predicted octanol–water partition coefficient (Wildman–Crippen LogP) is 15.1. The van der Waals surface area contributed by atoms with Crippen LogP contribution in [0.2, 0.25) is 0 Å². The van der Waals surface area contributed by atoms with Gasteiger partial charge < -0.3 is 9.47 Å². The van der Waals surface area contributed by atoms with Crippen LogP contribution < -0.4 is 4.90 Å². The Kier molecular flexibility index (Phi) is 7.39.